The number of halogens is 3. The van der Waals surface area contributed by atoms with Gasteiger partial charge in [-0.05, 0) is 120 Å². The van der Waals surface area contributed by atoms with E-state index in [2.05, 4.69) is 26.9 Å². The van der Waals surface area contributed by atoms with Crippen molar-refractivity contribution in [1.82, 2.24) is 5.16 Å². The fourth-order valence-electron chi connectivity index (χ4n) is 7.53. The molecule has 3 aromatic rings. The molecular weight excluding hydrogens is 639 g/mol. The molecule has 3 heterocycles. The van der Waals surface area contributed by atoms with Crippen LogP contribution in [0.4, 0.5) is 29.3 Å². The normalized spacial score (nSPS) is 20.4. The number of aromatic nitrogens is 1. The number of carbonyl (C=O) groups excluding carboxylic acids is 1. The number of para-hydroxylation sites is 1. The molecule has 260 valence electrons. The number of aliphatic carboxylic acids is 1. The summed E-state index contributed by atoms with van der Waals surface area (Å²) >= 11 is 0. The van der Waals surface area contributed by atoms with Crippen molar-refractivity contribution >= 4 is 29.5 Å². The van der Waals surface area contributed by atoms with Gasteiger partial charge in [-0.2, -0.15) is 0 Å². The van der Waals surface area contributed by atoms with E-state index >= 15 is 0 Å². The Morgan fingerprint density at radius 3 is 2.41 bits per heavy atom. The highest BCUT2D eigenvalue weighted by Crippen LogP contribution is 2.55. The zero-order chi connectivity index (χ0) is 34.7. The average Bonchev–Trinajstić information content (AvgIpc) is 3.78. The highest BCUT2D eigenvalue weighted by molar-refractivity contribution is 5.97. The number of allylic oxidation sites excluding steroid dienone is 1. The van der Waals surface area contributed by atoms with E-state index in [-0.39, 0.29) is 22.6 Å². The van der Waals surface area contributed by atoms with E-state index in [1.54, 1.807) is 32.9 Å². The average molecular weight is 680 g/mol. The Bertz CT molecular complexity index is 1790. The van der Waals surface area contributed by atoms with Crippen LogP contribution in [-0.2, 0) is 16.0 Å². The minimum atomic E-state index is -4.82. The number of carboxylic acids is 1. The van der Waals surface area contributed by atoms with E-state index in [0.717, 1.165) is 74.2 Å². The third-order valence-corrected chi connectivity index (χ3v) is 10.0. The second-order valence-corrected chi connectivity index (χ2v) is 14.8. The number of ether oxygens (including phenoxy) is 2. The zero-order valence-electron chi connectivity index (χ0n) is 27.8. The van der Waals surface area contributed by atoms with E-state index in [4.69, 9.17) is 9.26 Å². The van der Waals surface area contributed by atoms with E-state index in [0.29, 0.717) is 24.2 Å². The Kier molecular flexibility index (Phi) is 8.18. The molecule has 2 aliphatic carbocycles. The second-order valence-electron chi connectivity index (χ2n) is 14.8. The Hall–Kier alpha value is -4.48. The van der Waals surface area contributed by atoms with Gasteiger partial charge in [-0.3, -0.25) is 4.90 Å². The van der Waals surface area contributed by atoms with E-state index in [1.165, 1.54) is 22.6 Å². The van der Waals surface area contributed by atoms with Gasteiger partial charge < -0.3 is 24.0 Å². The van der Waals surface area contributed by atoms with Crippen LogP contribution in [0.1, 0.15) is 88.5 Å². The fraction of sp³-hybridized carbons (Fsp3) is 0.486. The molecule has 1 amide bonds. The number of anilines is 2. The molecule has 1 atom stereocenters. The van der Waals surface area contributed by atoms with Gasteiger partial charge in [0.1, 0.15) is 28.8 Å². The first-order valence-corrected chi connectivity index (χ1v) is 16.9. The van der Waals surface area contributed by atoms with Gasteiger partial charge in [-0.15, -0.1) is 13.2 Å². The van der Waals surface area contributed by atoms with Gasteiger partial charge in [0, 0.05) is 35.8 Å². The molecule has 1 aromatic heterocycles. The molecule has 9 nitrogen and oxygen atoms in total. The van der Waals surface area contributed by atoms with Crippen molar-refractivity contribution in [3.05, 3.63) is 64.9 Å². The summed E-state index contributed by atoms with van der Waals surface area (Å²) in [6.45, 7) is 6.98. The van der Waals surface area contributed by atoms with Crippen LogP contribution in [-0.4, -0.2) is 53.4 Å². The number of nitrogens with zero attached hydrogens (tertiary/aromatic N) is 3. The molecule has 3 fully saturated rings. The Labute approximate surface area is 282 Å². The van der Waals surface area contributed by atoms with Crippen molar-refractivity contribution in [1.29, 1.82) is 0 Å². The predicted octanol–water partition coefficient (Wildman–Crippen LogP) is 8.72. The number of hydrogen-bond acceptors (Lipinski definition) is 7. The molecule has 7 rings (SSSR count). The Balaban J connectivity index is 1.05. The summed E-state index contributed by atoms with van der Waals surface area (Å²) in [5.41, 5.74) is 4.56. The molecule has 4 aliphatic rings. The van der Waals surface area contributed by atoms with Gasteiger partial charge in [0.15, 0.2) is 0 Å². The first-order valence-electron chi connectivity index (χ1n) is 16.9. The monoisotopic (exact) mass is 679 g/mol. The standard InChI is InChI=1S/C37H40F3N3O6/c1-35(2,3)48-34(46)43-28-13-11-25(19-24(28)10-12-29(43)33(44)45)42-16-14-36(15-17-42)20-22(21-36)18-27-31(41-49-32(27)23-8-9-23)26-6-4-5-7-30(26)47-37(38,39)40/h4-7,11,13,18-19,23,29H,8-10,12,14-17,20-21H2,1-3H3,(H,44,45). The number of benzene rings is 2. The van der Waals surface area contributed by atoms with Gasteiger partial charge in [-0.25, -0.2) is 9.59 Å². The zero-order valence-corrected chi connectivity index (χ0v) is 27.8. The highest BCUT2D eigenvalue weighted by atomic mass is 19.4. The van der Waals surface area contributed by atoms with Crippen molar-refractivity contribution in [2.45, 2.75) is 96.1 Å². The van der Waals surface area contributed by atoms with E-state index in [1.807, 2.05) is 12.1 Å². The Morgan fingerprint density at radius 1 is 1.04 bits per heavy atom. The van der Waals surface area contributed by atoms with Crippen LogP contribution in [0.25, 0.3) is 17.3 Å². The lowest BCUT2D eigenvalue weighted by Crippen LogP contribution is -2.50. The molecule has 2 saturated carbocycles. The van der Waals surface area contributed by atoms with Crippen LogP contribution in [0.3, 0.4) is 0 Å². The Morgan fingerprint density at radius 2 is 1.76 bits per heavy atom. The van der Waals surface area contributed by atoms with Crippen molar-refractivity contribution < 1.29 is 41.9 Å². The van der Waals surface area contributed by atoms with Crippen LogP contribution >= 0.6 is 0 Å². The molecule has 0 radical (unpaired) electrons. The molecule has 2 aromatic carbocycles. The number of aryl methyl sites for hydroxylation is 1. The van der Waals surface area contributed by atoms with Crippen molar-refractivity contribution in [3.8, 4) is 17.0 Å². The number of alkyl halides is 3. The summed E-state index contributed by atoms with van der Waals surface area (Å²) in [5, 5.41) is 14.1. The number of rotatable bonds is 6. The summed E-state index contributed by atoms with van der Waals surface area (Å²) in [6, 6.07) is 10.9. The van der Waals surface area contributed by atoms with E-state index < -0.39 is 30.1 Å². The summed E-state index contributed by atoms with van der Waals surface area (Å²) in [7, 11) is 0. The van der Waals surface area contributed by atoms with Crippen molar-refractivity contribution in [3.63, 3.8) is 0 Å². The fourth-order valence-corrected chi connectivity index (χ4v) is 7.53. The molecule has 49 heavy (non-hydrogen) atoms. The smallest absolute Gasteiger partial charge is 0.480 e. The largest absolute Gasteiger partial charge is 0.573 e. The van der Waals surface area contributed by atoms with Gasteiger partial charge in [0.2, 0.25) is 0 Å². The third kappa shape index (κ3) is 6.87. The molecule has 0 bridgehead atoms. The lowest BCUT2D eigenvalue weighted by molar-refractivity contribution is -0.274. The molecule has 12 heteroatoms. The quantitative estimate of drug-likeness (QED) is 0.276. The van der Waals surface area contributed by atoms with Gasteiger partial charge in [-0.1, -0.05) is 22.9 Å². The molecule has 1 unspecified atom stereocenters. The summed E-state index contributed by atoms with van der Waals surface area (Å²) < 4.78 is 55.2. The van der Waals surface area contributed by atoms with Gasteiger partial charge >= 0.3 is 18.4 Å². The van der Waals surface area contributed by atoms with Crippen molar-refractivity contribution in [2.24, 2.45) is 5.41 Å². The van der Waals surface area contributed by atoms with Gasteiger partial charge in [0.25, 0.3) is 0 Å². The highest BCUT2D eigenvalue weighted by Gasteiger charge is 2.44. The predicted molar refractivity (Wildman–Crippen MR) is 177 cm³/mol. The first kappa shape index (κ1) is 33.0. The van der Waals surface area contributed by atoms with Crippen LogP contribution in [0.5, 0.6) is 5.75 Å². The first-order chi connectivity index (χ1) is 23.2. The van der Waals surface area contributed by atoms with Crippen molar-refractivity contribution in [2.75, 3.05) is 22.9 Å². The van der Waals surface area contributed by atoms with Crippen LogP contribution in [0, 0.1) is 5.41 Å². The number of carbonyl (C=O) groups is 2. The molecule has 2 aliphatic heterocycles. The van der Waals surface area contributed by atoms with Crippen LogP contribution in [0.15, 0.2) is 52.6 Å². The minimum absolute atomic E-state index is 0.160. The number of fused-ring (bicyclic) bond motifs is 1. The lowest BCUT2D eigenvalue weighted by Gasteiger charge is -2.50. The molecule has 1 N–H and O–H groups in total. The molecular formula is C37H40F3N3O6. The number of piperidine rings is 1. The van der Waals surface area contributed by atoms with E-state index in [9.17, 15) is 27.9 Å². The topological polar surface area (TPSA) is 105 Å². The maximum Gasteiger partial charge on any atom is 0.573 e. The second kappa shape index (κ2) is 12.1. The summed E-state index contributed by atoms with van der Waals surface area (Å²) in [5.74, 6) is -0.402. The third-order valence-electron chi connectivity index (χ3n) is 10.0. The maximum absolute atomic E-state index is 13.2. The molecule has 1 spiro atoms. The summed E-state index contributed by atoms with van der Waals surface area (Å²) in [6.07, 6.45) is 3.16. The van der Waals surface area contributed by atoms with Crippen LogP contribution in [0.2, 0.25) is 0 Å². The maximum atomic E-state index is 13.2. The number of amides is 1. The summed E-state index contributed by atoms with van der Waals surface area (Å²) in [4.78, 5) is 28.8. The number of carboxylic acid groups (broad SMARTS) is 1. The minimum Gasteiger partial charge on any atom is -0.480 e. The molecule has 1 saturated heterocycles. The van der Waals surface area contributed by atoms with Gasteiger partial charge in [0.05, 0.1) is 5.69 Å². The van der Waals surface area contributed by atoms with Crippen LogP contribution < -0.4 is 14.5 Å². The lowest BCUT2D eigenvalue weighted by atomic mass is 9.60. The SMILES string of the molecule is CC(C)(C)OC(=O)N1c2ccc(N3CCC4(CC3)CC(=Cc3c(-c5ccccc5OC(F)(F)F)noc3C3CC3)C4)cc2CCC1C(=O)O. The number of hydrogen-bond donors (Lipinski definition) is 1.